The molecule has 194 valence electrons. The van der Waals surface area contributed by atoms with Crippen molar-refractivity contribution < 1.29 is 19.4 Å². The van der Waals surface area contributed by atoms with E-state index in [1.807, 2.05) is 51.4 Å². The molecule has 1 saturated carbocycles. The number of carbonyl (C=O) groups excluding carboxylic acids is 2. The van der Waals surface area contributed by atoms with E-state index in [0.717, 1.165) is 46.4 Å². The molecule has 3 aliphatic rings. The highest BCUT2D eigenvalue weighted by molar-refractivity contribution is 6.08. The number of fused-ring (bicyclic) bond motifs is 2. The van der Waals surface area contributed by atoms with Gasteiger partial charge in [-0.3, -0.25) is 9.59 Å². The van der Waals surface area contributed by atoms with Crippen molar-refractivity contribution in [2.45, 2.75) is 64.0 Å². The molecule has 6 rings (SSSR count). The highest BCUT2D eigenvalue weighted by Crippen LogP contribution is 2.44. The number of pyridine rings is 1. The van der Waals surface area contributed by atoms with Crippen LogP contribution in [0, 0.1) is 5.92 Å². The van der Waals surface area contributed by atoms with Gasteiger partial charge in [0.1, 0.15) is 11.6 Å². The largest absolute Gasteiger partial charge is 0.473 e. The maximum atomic E-state index is 13.2. The first-order valence-electron chi connectivity index (χ1n) is 13.2. The van der Waals surface area contributed by atoms with E-state index >= 15 is 0 Å². The number of anilines is 1. The Morgan fingerprint density at radius 2 is 2.05 bits per heavy atom. The summed E-state index contributed by atoms with van der Waals surface area (Å²) in [6.45, 7) is 6.97. The molecule has 2 fully saturated rings. The van der Waals surface area contributed by atoms with Gasteiger partial charge in [0.25, 0.3) is 0 Å². The van der Waals surface area contributed by atoms with Gasteiger partial charge in [0.05, 0.1) is 23.0 Å². The molecule has 2 atom stereocenters. The van der Waals surface area contributed by atoms with Crippen molar-refractivity contribution in [3.63, 3.8) is 0 Å². The topological polar surface area (TPSA) is 110 Å². The highest BCUT2D eigenvalue weighted by atomic mass is 16.5. The lowest BCUT2D eigenvalue weighted by Crippen LogP contribution is -2.37. The average molecular weight is 504 g/mol. The fraction of sp³-hybridized carbons (Fsp3) is 0.500. The molecular formula is C28H33N5O4. The normalized spacial score (nSPS) is 21.4. The van der Waals surface area contributed by atoms with Gasteiger partial charge in [0.15, 0.2) is 0 Å². The van der Waals surface area contributed by atoms with Crippen molar-refractivity contribution >= 4 is 28.5 Å². The molecular weight excluding hydrogens is 470 g/mol. The number of imidazole rings is 1. The molecule has 4 heterocycles. The molecule has 9 nitrogen and oxygen atoms in total. The summed E-state index contributed by atoms with van der Waals surface area (Å²) in [5, 5.41) is 12.3. The Hall–Kier alpha value is -3.46. The summed E-state index contributed by atoms with van der Waals surface area (Å²) in [6, 6.07) is 8.42. The quantitative estimate of drug-likeness (QED) is 0.488. The fourth-order valence-electron chi connectivity index (χ4n) is 5.57. The number of aliphatic hydroxyl groups is 1. The van der Waals surface area contributed by atoms with Crippen molar-refractivity contribution in [1.82, 2.24) is 19.9 Å². The molecule has 0 spiro atoms. The number of amides is 2. The van der Waals surface area contributed by atoms with E-state index in [1.165, 1.54) is 0 Å². The van der Waals surface area contributed by atoms with E-state index in [4.69, 9.17) is 14.7 Å². The smallest absolute Gasteiger partial charge is 0.241 e. The molecule has 1 aromatic carbocycles. The van der Waals surface area contributed by atoms with Crippen molar-refractivity contribution in [2.75, 3.05) is 24.6 Å². The zero-order valence-electron chi connectivity index (χ0n) is 21.5. The monoisotopic (exact) mass is 503 g/mol. The van der Waals surface area contributed by atoms with Crippen LogP contribution in [-0.4, -0.2) is 57.3 Å². The molecule has 2 aromatic heterocycles. The second kappa shape index (κ2) is 8.83. The Labute approximate surface area is 215 Å². The number of ether oxygens (including phenoxy) is 1. The third-order valence-electron chi connectivity index (χ3n) is 8.01. The molecule has 2 unspecified atom stereocenters. The molecule has 0 radical (unpaired) electrons. The van der Waals surface area contributed by atoms with Crippen LogP contribution in [-0.2, 0) is 15.0 Å². The van der Waals surface area contributed by atoms with Crippen molar-refractivity contribution in [1.29, 1.82) is 0 Å². The Morgan fingerprint density at radius 3 is 2.76 bits per heavy atom. The summed E-state index contributed by atoms with van der Waals surface area (Å²) in [7, 11) is 0. The van der Waals surface area contributed by atoms with Crippen LogP contribution in [0.4, 0.5) is 5.69 Å². The van der Waals surface area contributed by atoms with Gasteiger partial charge in [-0.05, 0) is 57.7 Å². The summed E-state index contributed by atoms with van der Waals surface area (Å²) < 4.78 is 8.62. The minimum Gasteiger partial charge on any atom is -0.473 e. The molecule has 2 N–H and O–H groups in total. The number of nitrogens with one attached hydrogen (secondary N) is 1. The van der Waals surface area contributed by atoms with Crippen molar-refractivity contribution in [2.24, 2.45) is 5.92 Å². The third kappa shape index (κ3) is 4.05. The van der Waals surface area contributed by atoms with Crippen molar-refractivity contribution in [3.05, 3.63) is 36.2 Å². The third-order valence-corrected chi connectivity index (χ3v) is 8.01. The molecule has 2 amide bonds. The Bertz CT molecular complexity index is 1390. The van der Waals surface area contributed by atoms with Crippen LogP contribution in [0.5, 0.6) is 5.88 Å². The predicted molar refractivity (Wildman–Crippen MR) is 140 cm³/mol. The first kappa shape index (κ1) is 23.9. The van der Waals surface area contributed by atoms with Crippen LogP contribution in [0.15, 0.2) is 30.6 Å². The molecule has 9 heteroatoms. The fourth-order valence-corrected chi connectivity index (χ4v) is 5.57. The summed E-state index contributed by atoms with van der Waals surface area (Å²) in [4.78, 5) is 36.4. The van der Waals surface area contributed by atoms with Crippen LogP contribution in [0.1, 0.15) is 58.1 Å². The van der Waals surface area contributed by atoms with E-state index in [1.54, 1.807) is 4.90 Å². The van der Waals surface area contributed by atoms with Crippen molar-refractivity contribution in [3.8, 4) is 17.1 Å². The van der Waals surface area contributed by atoms with E-state index in [-0.39, 0.29) is 30.4 Å². The van der Waals surface area contributed by atoms with Gasteiger partial charge < -0.3 is 24.6 Å². The second-order valence-corrected chi connectivity index (χ2v) is 11.0. The van der Waals surface area contributed by atoms with Gasteiger partial charge in [-0.15, -0.1) is 0 Å². The number of rotatable bonds is 8. The SMILES string of the molecule is CC(Oc1nc(-c2ccc3c(c2)N(CCCO)C(=O)C3(C)C)cc2ncn(C3CC3)c12)C1CNC(=O)C1. The van der Waals surface area contributed by atoms with Gasteiger partial charge in [-0.2, -0.15) is 0 Å². The molecule has 2 aliphatic heterocycles. The summed E-state index contributed by atoms with van der Waals surface area (Å²) >= 11 is 0. The highest BCUT2D eigenvalue weighted by Gasteiger charge is 2.43. The predicted octanol–water partition coefficient (Wildman–Crippen LogP) is 3.34. The number of aromatic nitrogens is 3. The van der Waals surface area contributed by atoms with Gasteiger partial charge in [0.2, 0.25) is 17.7 Å². The first-order valence-corrected chi connectivity index (χ1v) is 13.2. The maximum absolute atomic E-state index is 13.2. The Morgan fingerprint density at radius 1 is 1.24 bits per heavy atom. The van der Waals surface area contributed by atoms with Gasteiger partial charge in [-0.1, -0.05) is 12.1 Å². The summed E-state index contributed by atoms with van der Waals surface area (Å²) in [6.07, 6.45) is 4.86. The van der Waals surface area contributed by atoms with Gasteiger partial charge in [0, 0.05) is 49.3 Å². The standard InChI is InChI=1S/C28H33N5O4/c1-16(18-12-24(35)29-14-18)37-26-25-22(30-15-33(25)19-6-7-19)13-21(31-26)17-5-8-20-23(11-17)32(9-4-10-34)27(36)28(20,2)3/h5,8,11,13,15-16,18-19,34H,4,6-7,9-10,12,14H2,1-3H3,(H,29,35). The lowest BCUT2D eigenvalue weighted by atomic mass is 9.85. The lowest BCUT2D eigenvalue weighted by molar-refractivity contribution is -0.122. The van der Waals surface area contributed by atoms with Crippen LogP contribution in [0.25, 0.3) is 22.3 Å². The van der Waals surface area contributed by atoms with E-state index in [0.29, 0.717) is 37.9 Å². The Balaban J connectivity index is 1.42. The van der Waals surface area contributed by atoms with Gasteiger partial charge >= 0.3 is 0 Å². The second-order valence-electron chi connectivity index (χ2n) is 11.0. The zero-order chi connectivity index (χ0) is 25.9. The molecule has 1 saturated heterocycles. The number of hydrogen-bond acceptors (Lipinski definition) is 6. The van der Waals surface area contributed by atoms with E-state index in [9.17, 15) is 14.7 Å². The maximum Gasteiger partial charge on any atom is 0.241 e. The Kier molecular flexibility index (Phi) is 5.71. The number of nitrogens with zero attached hydrogens (tertiary/aromatic N) is 4. The molecule has 37 heavy (non-hydrogen) atoms. The number of benzene rings is 1. The number of hydrogen-bond donors (Lipinski definition) is 2. The molecule has 0 bridgehead atoms. The van der Waals surface area contributed by atoms with Gasteiger partial charge in [-0.25, -0.2) is 9.97 Å². The number of carbonyl (C=O) groups is 2. The molecule has 3 aromatic rings. The van der Waals surface area contributed by atoms with Crippen LogP contribution >= 0.6 is 0 Å². The minimum atomic E-state index is -0.625. The van der Waals surface area contributed by atoms with E-state index < -0.39 is 5.41 Å². The van der Waals surface area contributed by atoms with E-state index in [2.05, 4.69) is 9.88 Å². The lowest BCUT2D eigenvalue weighted by Gasteiger charge is -2.21. The number of aliphatic hydroxyl groups excluding tert-OH is 1. The summed E-state index contributed by atoms with van der Waals surface area (Å²) in [5.74, 6) is 0.699. The molecule has 1 aliphatic carbocycles. The van der Waals surface area contributed by atoms with Crippen LogP contribution < -0.4 is 15.0 Å². The van der Waals surface area contributed by atoms with Crippen LogP contribution in [0.2, 0.25) is 0 Å². The summed E-state index contributed by atoms with van der Waals surface area (Å²) in [5.41, 5.74) is 4.50. The zero-order valence-corrected chi connectivity index (χ0v) is 21.5. The minimum absolute atomic E-state index is 0.0299. The first-order chi connectivity index (χ1) is 17.8. The van der Waals surface area contributed by atoms with Crippen LogP contribution in [0.3, 0.4) is 0 Å². The average Bonchev–Trinajstić information content (AvgIpc) is 3.42.